The number of carbonyl (C=O) groups is 1. The van der Waals surface area contributed by atoms with E-state index < -0.39 is 12.7 Å². The van der Waals surface area contributed by atoms with Crippen molar-refractivity contribution in [2.75, 3.05) is 11.9 Å². The first-order valence-corrected chi connectivity index (χ1v) is 5.74. The maximum absolute atomic E-state index is 11.4. The highest BCUT2D eigenvalue weighted by atomic mass is 19.3. The predicted octanol–water partition coefficient (Wildman–Crippen LogP) is 2.79. The van der Waals surface area contributed by atoms with Crippen LogP contribution in [0.2, 0.25) is 0 Å². The van der Waals surface area contributed by atoms with Gasteiger partial charge in [-0.3, -0.25) is 10.2 Å². The number of nitrogens with one attached hydrogen (secondary N) is 1. The summed E-state index contributed by atoms with van der Waals surface area (Å²) < 4.78 is 27.8. The molecule has 19 heavy (non-hydrogen) atoms. The van der Waals surface area contributed by atoms with E-state index in [9.17, 15) is 13.6 Å². The minimum atomic E-state index is -3.14. The fraction of sp³-hybridized carbons (Fsp3) is 0.417. The zero-order chi connectivity index (χ0) is 13.7. The molecule has 2 aliphatic rings. The van der Waals surface area contributed by atoms with Crippen molar-refractivity contribution in [1.82, 2.24) is 0 Å². The van der Waals surface area contributed by atoms with Crippen molar-refractivity contribution in [2.24, 2.45) is 5.92 Å². The number of carbonyl (C=O) groups excluding carboxylic acids is 1. The van der Waals surface area contributed by atoms with Crippen LogP contribution in [0.3, 0.4) is 0 Å². The van der Waals surface area contributed by atoms with E-state index >= 15 is 0 Å². The number of rotatable bonds is 3. The Morgan fingerprint density at radius 1 is 1.37 bits per heavy atom. The third kappa shape index (κ3) is 4.80. The second kappa shape index (κ2) is 6.44. The van der Waals surface area contributed by atoms with Crippen LogP contribution in [-0.4, -0.2) is 25.4 Å². The molecule has 0 bridgehead atoms. The lowest BCUT2D eigenvalue weighted by Gasteiger charge is -2.08. The van der Waals surface area contributed by atoms with Gasteiger partial charge in [-0.15, -0.1) is 4.89 Å². The zero-order valence-corrected chi connectivity index (χ0v) is 9.92. The molecule has 104 valence electrons. The zero-order valence-electron chi connectivity index (χ0n) is 9.92. The highest BCUT2D eigenvalue weighted by Gasteiger charge is 2.46. The van der Waals surface area contributed by atoms with Gasteiger partial charge in [0.05, 0.1) is 12.7 Å². The summed E-state index contributed by atoms with van der Waals surface area (Å²) in [5.74, 6) is 1.01. The van der Waals surface area contributed by atoms with Crippen molar-refractivity contribution in [3.05, 3.63) is 30.3 Å². The largest absolute Gasteiger partial charge is 0.443 e. The molecule has 1 aromatic carbocycles. The number of halogens is 2. The highest BCUT2D eigenvalue weighted by Crippen LogP contribution is 2.42. The summed E-state index contributed by atoms with van der Waals surface area (Å²) in [6.45, 7) is -2.08. The van der Waals surface area contributed by atoms with Gasteiger partial charge in [0, 0.05) is 11.6 Å². The number of hydrogen-bond acceptors (Lipinski definition) is 4. The van der Waals surface area contributed by atoms with Gasteiger partial charge in [-0.25, -0.2) is 4.79 Å². The van der Waals surface area contributed by atoms with Crippen molar-refractivity contribution in [3.8, 4) is 0 Å². The first-order valence-electron chi connectivity index (χ1n) is 5.74. The molecule has 1 aliphatic heterocycles. The Labute approximate surface area is 108 Å². The number of anilines is 1. The van der Waals surface area contributed by atoms with E-state index in [2.05, 4.69) is 15.1 Å². The highest BCUT2D eigenvalue weighted by molar-refractivity contribution is 5.83. The van der Waals surface area contributed by atoms with Gasteiger partial charge in [0.25, 0.3) is 0 Å². The van der Waals surface area contributed by atoms with Gasteiger partial charge in [-0.2, -0.15) is 8.78 Å². The Morgan fingerprint density at radius 2 is 2.05 bits per heavy atom. The van der Waals surface area contributed by atoms with Crippen molar-refractivity contribution in [3.63, 3.8) is 0 Å². The number of benzene rings is 1. The monoisotopic (exact) mass is 273 g/mol. The summed E-state index contributed by atoms with van der Waals surface area (Å²) in [6, 6.07) is 8.23. The smallest absolute Gasteiger partial charge is 0.377 e. The van der Waals surface area contributed by atoms with E-state index in [-0.39, 0.29) is 0 Å². The molecule has 2 atom stereocenters. The van der Waals surface area contributed by atoms with Crippen LogP contribution < -0.4 is 5.32 Å². The van der Waals surface area contributed by atoms with E-state index in [1.807, 2.05) is 0 Å². The third-order valence-electron chi connectivity index (χ3n) is 2.60. The summed E-state index contributed by atoms with van der Waals surface area (Å²) in [7, 11) is 0. The standard InChI is InChI=1S/C8H7F2NO3.C4H6O/c9-7(10)13-14-8(12)11-6-4-2-1-3-5-6;1-3-2-5-4(1)3/h1-5,7H,(H,11,12);3-4H,1-2H2. The molecule has 1 heterocycles. The lowest BCUT2D eigenvalue weighted by atomic mass is 10.3. The van der Waals surface area contributed by atoms with Crippen LogP contribution >= 0.6 is 0 Å². The van der Waals surface area contributed by atoms with Crippen LogP contribution in [0.15, 0.2) is 30.3 Å². The molecule has 1 amide bonds. The first-order chi connectivity index (χ1) is 9.15. The van der Waals surface area contributed by atoms with Crippen molar-refractivity contribution >= 4 is 11.8 Å². The van der Waals surface area contributed by atoms with E-state index in [1.54, 1.807) is 30.3 Å². The Morgan fingerprint density at radius 3 is 2.47 bits per heavy atom. The van der Waals surface area contributed by atoms with Crippen molar-refractivity contribution in [1.29, 1.82) is 0 Å². The number of ether oxygens (including phenoxy) is 1. The summed E-state index contributed by atoms with van der Waals surface area (Å²) in [6.07, 6.45) is 0.992. The summed E-state index contributed by atoms with van der Waals surface area (Å²) in [5, 5.41) is 2.18. The Balaban J connectivity index is 0.000000215. The maximum atomic E-state index is 11.4. The Hall–Kier alpha value is -1.73. The average molecular weight is 273 g/mol. The average Bonchev–Trinajstić information content (AvgIpc) is 2.95. The topological polar surface area (TPSA) is 56.8 Å². The number of hydrogen-bond donors (Lipinski definition) is 1. The number of para-hydroxylation sites is 1. The van der Waals surface area contributed by atoms with Crippen LogP contribution in [-0.2, 0) is 14.5 Å². The second-order valence-corrected chi connectivity index (χ2v) is 4.09. The molecule has 2 unspecified atom stereocenters. The normalized spacial score (nSPS) is 22.5. The van der Waals surface area contributed by atoms with E-state index in [1.165, 1.54) is 6.42 Å². The maximum Gasteiger partial charge on any atom is 0.443 e. The van der Waals surface area contributed by atoms with Gasteiger partial charge in [-0.1, -0.05) is 18.2 Å². The molecule has 0 spiro atoms. The molecule has 1 saturated heterocycles. The summed E-state index contributed by atoms with van der Waals surface area (Å²) in [4.78, 5) is 17.8. The molecule has 3 rings (SSSR count). The van der Waals surface area contributed by atoms with E-state index in [0.717, 1.165) is 18.6 Å². The summed E-state index contributed by atoms with van der Waals surface area (Å²) in [5.41, 5.74) is 0.426. The molecule has 5 nitrogen and oxygen atoms in total. The lowest BCUT2D eigenvalue weighted by Crippen LogP contribution is -2.15. The molecule has 2 fully saturated rings. The second-order valence-electron chi connectivity index (χ2n) is 4.09. The van der Waals surface area contributed by atoms with Gasteiger partial charge in [0.1, 0.15) is 0 Å². The molecule has 1 saturated carbocycles. The first kappa shape index (κ1) is 13.7. The van der Waals surface area contributed by atoms with Crippen molar-refractivity contribution < 1.29 is 28.1 Å². The minimum absolute atomic E-state index is 0.426. The van der Waals surface area contributed by atoms with E-state index in [4.69, 9.17) is 4.74 Å². The fourth-order valence-corrected chi connectivity index (χ4v) is 1.46. The number of amides is 1. The fourth-order valence-electron chi connectivity index (χ4n) is 1.46. The molecule has 1 N–H and O–H groups in total. The molecule has 7 heteroatoms. The molecule has 0 radical (unpaired) electrons. The quantitative estimate of drug-likeness (QED) is 0.679. The Bertz CT molecular complexity index is 403. The van der Waals surface area contributed by atoms with Gasteiger partial charge >= 0.3 is 12.7 Å². The van der Waals surface area contributed by atoms with Crippen LogP contribution in [0.1, 0.15) is 6.42 Å². The summed E-state index contributed by atoms with van der Waals surface area (Å²) >= 11 is 0. The van der Waals surface area contributed by atoms with Gasteiger partial charge in [0.2, 0.25) is 0 Å². The Kier molecular flexibility index (Phi) is 4.64. The molecule has 1 aromatic rings. The molecular weight excluding hydrogens is 260 g/mol. The molecular formula is C12H13F2NO4. The van der Waals surface area contributed by atoms with Gasteiger partial charge < -0.3 is 4.74 Å². The van der Waals surface area contributed by atoms with E-state index in [0.29, 0.717) is 5.69 Å². The van der Waals surface area contributed by atoms with Crippen LogP contribution in [0.5, 0.6) is 0 Å². The minimum Gasteiger partial charge on any atom is -0.377 e. The third-order valence-corrected chi connectivity index (χ3v) is 2.60. The lowest BCUT2D eigenvalue weighted by molar-refractivity contribution is -0.341. The van der Waals surface area contributed by atoms with Crippen molar-refractivity contribution in [2.45, 2.75) is 19.1 Å². The van der Waals surface area contributed by atoms with Crippen LogP contribution in [0.25, 0.3) is 0 Å². The van der Waals surface area contributed by atoms with Crippen LogP contribution in [0, 0.1) is 5.92 Å². The SMILES string of the molecule is C1OC2CC12.O=C(Nc1ccccc1)OOC(F)F. The van der Waals surface area contributed by atoms with Gasteiger partial charge in [0.15, 0.2) is 0 Å². The molecule has 0 aromatic heterocycles. The van der Waals surface area contributed by atoms with Crippen LogP contribution in [0.4, 0.5) is 19.3 Å². The predicted molar refractivity (Wildman–Crippen MR) is 61.5 cm³/mol. The van der Waals surface area contributed by atoms with Gasteiger partial charge in [-0.05, 0) is 18.6 Å². The number of alkyl halides is 2. The number of fused-ring (bicyclic) bond motifs is 1. The molecule has 1 aliphatic carbocycles.